The standard InChI is InChI=1S/C21H18O5.C6H12O2.2CH4/c1-10-16-13(4-3-5-15(16)26-2)20(24)18-17(10)19(23)12-7-6-11(9-22)8-14(12)21(18)25;1-5-3-2-4-6(7)8-5;;/h3-5,9,11,23,25H,1,6-8H2,2H3;5-7H,2-4H2,1H3;2*1H4/t;5-,6?;;/m.0../s1. The number of phenolic OH excluding ortho intramolecular Hbond substituents is 2. The molecular formula is C29H38O7. The number of methoxy groups -OCH3 is 1. The lowest BCUT2D eigenvalue weighted by Gasteiger charge is -2.30. The number of benzene rings is 2. The number of fused-ring (bicyclic) bond motifs is 3. The van der Waals surface area contributed by atoms with Crippen LogP contribution < -0.4 is 4.74 Å². The fraction of sp³-hybridized carbons (Fsp3) is 0.448. The van der Waals surface area contributed by atoms with Gasteiger partial charge in [0, 0.05) is 33.7 Å². The van der Waals surface area contributed by atoms with Gasteiger partial charge in [0.05, 0.1) is 18.8 Å². The first-order valence-electron chi connectivity index (χ1n) is 11.6. The van der Waals surface area contributed by atoms with E-state index in [0.29, 0.717) is 52.8 Å². The molecule has 0 spiro atoms. The Morgan fingerprint density at radius 2 is 1.75 bits per heavy atom. The summed E-state index contributed by atoms with van der Waals surface area (Å²) in [7, 11) is 1.51. The molecule has 0 radical (unpaired) electrons. The molecule has 3 atom stereocenters. The van der Waals surface area contributed by atoms with E-state index in [9.17, 15) is 19.8 Å². The quantitative estimate of drug-likeness (QED) is 0.329. The first-order valence-corrected chi connectivity index (χ1v) is 11.6. The van der Waals surface area contributed by atoms with Gasteiger partial charge in [0.15, 0.2) is 12.1 Å². The topological polar surface area (TPSA) is 113 Å². The molecule has 2 unspecified atom stereocenters. The van der Waals surface area contributed by atoms with Gasteiger partial charge < -0.3 is 29.6 Å². The molecule has 36 heavy (non-hydrogen) atoms. The van der Waals surface area contributed by atoms with Crippen LogP contribution in [0.1, 0.15) is 85.6 Å². The fourth-order valence-electron chi connectivity index (χ4n) is 5.08. The molecule has 5 rings (SSSR count). The van der Waals surface area contributed by atoms with Gasteiger partial charge in [0.2, 0.25) is 0 Å². The molecule has 0 saturated carbocycles. The summed E-state index contributed by atoms with van der Waals surface area (Å²) in [5.41, 5.74) is 2.73. The largest absolute Gasteiger partial charge is 0.507 e. The molecule has 7 nitrogen and oxygen atoms in total. The number of aliphatic hydroxyl groups excluding tert-OH is 1. The maximum Gasteiger partial charge on any atom is 0.198 e. The molecule has 2 aromatic rings. The average Bonchev–Trinajstić information content (AvgIpc) is 2.84. The summed E-state index contributed by atoms with van der Waals surface area (Å²) in [5, 5.41) is 30.6. The van der Waals surface area contributed by atoms with Gasteiger partial charge in [-0.25, -0.2) is 0 Å². The number of aromatic hydroxyl groups is 2. The predicted octanol–water partition coefficient (Wildman–Crippen LogP) is 5.18. The van der Waals surface area contributed by atoms with Crippen molar-refractivity contribution < 1.29 is 34.4 Å². The SMILES string of the molecule is C.C.C=C1c2c(OC)cccc2C(=O)c2c(O)c3c(c(O)c21)CCC(C=O)C3.C[C@H]1CCCC(O)O1. The Morgan fingerprint density at radius 3 is 2.33 bits per heavy atom. The number of carbonyl (C=O) groups excluding carboxylic acids is 2. The summed E-state index contributed by atoms with van der Waals surface area (Å²) >= 11 is 0. The molecule has 7 heteroatoms. The maximum absolute atomic E-state index is 13.1. The Labute approximate surface area is 213 Å². The highest BCUT2D eigenvalue weighted by atomic mass is 16.6. The van der Waals surface area contributed by atoms with E-state index in [4.69, 9.17) is 14.6 Å². The second-order valence-electron chi connectivity index (χ2n) is 9.07. The van der Waals surface area contributed by atoms with Crippen LogP contribution in [0.15, 0.2) is 24.8 Å². The van der Waals surface area contributed by atoms with E-state index in [1.54, 1.807) is 18.2 Å². The zero-order valence-electron chi connectivity index (χ0n) is 19.5. The zero-order valence-corrected chi connectivity index (χ0v) is 19.5. The summed E-state index contributed by atoms with van der Waals surface area (Å²) in [6, 6.07) is 5.08. The van der Waals surface area contributed by atoms with E-state index >= 15 is 0 Å². The van der Waals surface area contributed by atoms with Crippen LogP contribution in [0.2, 0.25) is 0 Å². The lowest BCUT2D eigenvalue weighted by Crippen LogP contribution is -2.24. The number of carbonyl (C=O) groups is 2. The summed E-state index contributed by atoms with van der Waals surface area (Å²) < 4.78 is 10.4. The van der Waals surface area contributed by atoms with Crippen molar-refractivity contribution in [3.63, 3.8) is 0 Å². The zero-order chi connectivity index (χ0) is 24.6. The van der Waals surface area contributed by atoms with E-state index in [1.807, 2.05) is 6.92 Å². The van der Waals surface area contributed by atoms with Crippen molar-refractivity contribution in [2.24, 2.45) is 5.92 Å². The van der Waals surface area contributed by atoms with Crippen molar-refractivity contribution in [1.29, 1.82) is 0 Å². The van der Waals surface area contributed by atoms with Crippen molar-refractivity contribution in [3.05, 3.63) is 58.2 Å². The van der Waals surface area contributed by atoms with Crippen molar-refractivity contribution in [2.75, 3.05) is 7.11 Å². The molecule has 2 aromatic carbocycles. The summed E-state index contributed by atoms with van der Waals surface area (Å²) in [5.74, 6) is -0.305. The Bertz CT molecular complexity index is 1140. The van der Waals surface area contributed by atoms with Gasteiger partial charge in [-0.1, -0.05) is 33.6 Å². The van der Waals surface area contributed by atoms with E-state index in [0.717, 1.165) is 25.5 Å². The maximum atomic E-state index is 13.1. The second-order valence-corrected chi connectivity index (χ2v) is 9.07. The minimum atomic E-state index is -0.487. The fourth-order valence-corrected chi connectivity index (χ4v) is 5.08. The monoisotopic (exact) mass is 498 g/mol. The lowest BCUT2D eigenvalue weighted by atomic mass is 9.75. The van der Waals surface area contributed by atoms with Gasteiger partial charge in [0.25, 0.3) is 0 Å². The van der Waals surface area contributed by atoms with Crippen LogP contribution in [0.4, 0.5) is 0 Å². The van der Waals surface area contributed by atoms with Crippen molar-refractivity contribution in [1.82, 2.24) is 0 Å². The Balaban J connectivity index is 0.000000393. The van der Waals surface area contributed by atoms with Crippen molar-refractivity contribution in [3.8, 4) is 17.2 Å². The predicted molar refractivity (Wildman–Crippen MR) is 140 cm³/mol. The number of aliphatic hydroxyl groups is 1. The summed E-state index contributed by atoms with van der Waals surface area (Å²) in [6.07, 6.45) is 5.02. The number of aldehydes is 1. The number of phenols is 2. The van der Waals surface area contributed by atoms with Crippen LogP contribution in [0.5, 0.6) is 17.2 Å². The summed E-state index contributed by atoms with van der Waals surface area (Å²) in [6.45, 7) is 6.05. The lowest BCUT2D eigenvalue weighted by molar-refractivity contribution is -0.156. The smallest absolute Gasteiger partial charge is 0.198 e. The van der Waals surface area contributed by atoms with Gasteiger partial charge in [-0.2, -0.15) is 0 Å². The van der Waals surface area contributed by atoms with Crippen LogP contribution >= 0.6 is 0 Å². The molecule has 1 aliphatic heterocycles. The minimum Gasteiger partial charge on any atom is -0.507 e. The second kappa shape index (κ2) is 11.7. The molecule has 0 bridgehead atoms. The van der Waals surface area contributed by atoms with E-state index in [1.165, 1.54) is 7.11 Å². The van der Waals surface area contributed by atoms with E-state index in [2.05, 4.69) is 6.58 Å². The third-order valence-electron chi connectivity index (χ3n) is 6.86. The molecule has 3 aliphatic rings. The highest BCUT2D eigenvalue weighted by molar-refractivity contribution is 6.21. The van der Waals surface area contributed by atoms with Crippen LogP contribution in [0, 0.1) is 5.92 Å². The number of ketones is 1. The Morgan fingerprint density at radius 1 is 1.06 bits per heavy atom. The Hall–Kier alpha value is -3.16. The molecule has 0 amide bonds. The number of hydrogen-bond acceptors (Lipinski definition) is 7. The third-order valence-corrected chi connectivity index (χ3v) is 6.86. The highest BCUT2D eigenvalue weighted by Crippen LogP contribution is 2.50. The van der Waals surface area contributed by atoms with Crippen LogP contribution in [-0.2, 0) is 22.4 Å². The van der Waals surface area contributed by atoms with Gasteiger partial charge in [-0.3, -0.25) is 4.79 Å². The van der Waals surface area contributed by atoms with Crippen molar-refractivity contribution >= 4 is 17.6 Å². The molecule has 1 saturated heterocycles. The Kier molecular flexibility index (Phi) is 9.46. The van der Waals surface area contributed by atoms with E-state index < -0.39 is 6.29 Å². The third kappa shape index (κ3) is 5.04. The molecule has 2 aliphatic carbocycles. The van der Waals surface area contributed by atoms with Crippen LogP contribution in [-0.4, -0.2) is 46.9 Å². The first-order chi connectivity index (χ1) is 16.3. The highest BCUT2D eigenvalue weighted by Gasteiger charge is 2.37. The number of rotatable bonds is 2. The number of hydrogen-bond donors (Lipinski definition) is 3. The first kappa shape index (κ1) is 29.1. The summed E-state index contributed by atoms with van der Waals surface area (Å²) in [4.78, 5) is 24.3. The average molecular weight is 499 g/mol. The molecule has 196 valence electrons. The van der Waals surface area contributed by atoms with Crippen LogP contribution in [0.3, 0.4) is 0 Å². The molecule has 3 N–H and O–H groups in total. The normalized spacial score (nSPS) is 21.8. The molecular weight excluding hydrogens is 460 g/mol. The molecule has 0 aromatic heterocycles. The van der Waals surface area contributed by atoms with E-state index in [-0.39, 0.29) is 55.3 Å². The van der Waals surface area contributed by atoms with Gasteiger partial charge in [0.1, 0.15) is 23.5 Å². The van der Waals surface area contributed by atoms with Gasteiger partial charge >= 0.3 is 0 Å². The van der Waals surface area contributed by atoms with Gasteiger partial charge in [-0.05, 0) is 57.1 Å². The molecule has 1 fully saturated rings. The number of ether oxygens (including phenoxy) is 2. The van der Waals surface area contributed by atoms with Crippen molar-refractivity contribution in [2.45, 2.75) is 72.7 Å². The molecule has 1 heterocycles. The van der Waals surface area contributed by atoms with Gasteiger partial charge in [-0.15, -0.1) is 0 Å². The van der Waals surface area contributed by atoms with Crippen LogP contribution in [0.25, 0.3) is 5.57 Å². The minimum absolute atomic E-state index is 0.